The van der Waals surface area contributed by atoms with Crippen LogP contribution in [0.1, 0.15) is 8.44 Å². The molecular formula is C8H7BrN2O. The van der Waals surface area contributed by atoms with Crippen LogP contribution in [0, 0.1) is 0 Å². The average Bonchev–Trinajstić information content (AvgIpc) is 2.45. The molecule has 0 spiro atoms. The number of rotatable bonds is 1. The topological polar surface area (TPSA) is 37.5 Å². The number of halogens is 1. The minimum atomic E-state index is -2.39. The van der Waals surface area contributed by atoms with E-state index in [-0.39, 0.29) is 5.69 Å². The summed E-state index contributed by atoms with van der Waals surface area (Å²) in [6, 6.07) is 3.56. The minimum absolute atomic E-state index is 0.00981. The van der Waals surface area contributed by atoms with Crippen molar-refractivity contribution in [2.24, 2.45) is 0 Å². The van der Waals surface area contributed by atoms with Crippen LogP contribution in [0.25, 0.3) is 5.65 Å². The molecule has 12 heavy (non-hydrogen) atoms. The van der Waals surface area contributed by atoms with Gasteiger partial charge >= 0.3 is 0 Å². The molecule has 0 amide bonds. The van der Waals surface area contributed by atoms with Crippen LogP contribution in [0.5, 0.6) is 0 Å². The lowest BCUT2D eigenvalue weighted by Gasteiger charge is -1.91. The van der Waals surface area contributed by atoms with E-state index in [9.17, 15) is 0 Å². The van der Waals surface area contributed by atoms with Crippen LogP contribution in [0.15, 0.2) is 29.0 Å². The fourth-order valence-electron chi connectivity index (χ4n) is 1.01. The van der Waals surface area contributed by atoms with Crippen molar-refractivity contribution in [2.45, 2.75) is 6.56 Å². The van der Waals surface area contributed by atoms with Gasteiger partial charge in [-0.25, -0.2) is 4.98 Å². The molecule has 4 heteroatoms. The lowest BCUT2D eigenvalue weighted by Crippen LogP contribution is -1.79. The third kappa shape index (κ3) is 1.23. The van der Waals surface area contributed by atoms with Gasteiger partial charge in [0.05, 0.1) is 15.0 Å². The van der Waals surface area contributed by atoms with E-state index in [0.717, 1.165) is 4.47 Å². The van der Waals surface area contributed by atoms with Gasteiger partial charge in [0.2, 0.25) is 0 Å². The number of fused-ring (bicyclic) bond motifs is 1. The summed E-state index contributed by atoms with van der Waals surface area (Å²) in [5.74, 6) is 0. The van der Waals surface area contributed by atoms with Gasteiger partial charge in [0, 0.05) is 16.9 Å². The summed E-state index contributed by atoms with van der Waals surface area (Å²) < 4.78 is 16.7. The molecule has 0 aliphatic carbocycles. The van der Waals surface area contributed by atoms with Crippen molar-refractivity contribution in [2.75, 3.05) is 0 Å². The van der Waals surface area contributed by atoms with Crippen molar-refractivity contribution < 1.29 is 7.85 Å². The molecule has 2 heterocycles. The zero-order valence-electron chi connectivity index (χ0n) is 8.03. The van der Waals surface area contributed by atoms with E-state index in [0.29, 0.717) is 5.65 Å². The smallest absolute Gasteiger partial charge is 0.138 e. The molecule has 0 aliphatic rings. The highest BCUT2D eigenvalue weighted by Crippen LogP contribution is 2.12. The Morgan fingerprint density at radius 2 is 2.58 bits per heavy atom. The lowest BCUT2D eigenvalue weighted by molar-refractivity contribution is 0.277. The summed E-state index contributed by atoms with van der Waals surface area (Å²) in [4.78, 5) is 3.95. The van der Waals surface area contributed by atoms with Gasteiger partial charge in [-0.1, -0.05) is 15.9 Å². The second kappa shape index (κ2) is 2.88. The molecule has 0 aromatic carbocycles. The van der Waals surface area contributed by atoms with Gasteiger partial charge in [-0.3, -0.25) is 0 Å². The number of aliphatic hydroxyl groups is 1. The van der Waals surface area contributed by atoms with Crippen LogP contribution in [0.3, 0.4) is 0 Å². The first-order valence-corrected chi connectivity index (χ1v) is 4.13. The van der Waals surface area contributed by atoms with Crippen molar-refractivity contribution in [3.05, 3.63) is 34.7 Å². The number of aromatic nitrogens is 2. The summed E-state index contributed by atoms with van der Waals surface area (Å²) >= 11 is 3.28. The van der Waals surface area contributed by atoms with Gasteiger partial charge in [0.15, 0.2) is 0 Å². The van der Waals surface area contributed by atoms with Crippen molar-refractivity contribution in [3.63, 3.8) is 0 Å². The molecule has 0 bridgehead atoms. The first kappa shape index (κ1) is 5.72. The molecule has 0 saturated carbocycles. The number of pyridine rings is 1. The van der Waals surface area contributed by atoms with Gasteiger partial charge in [0.1, 0.15) is 5.65 Å². The molecule has 1 N–H and O–H groups in total. The van der Waals surface area contributed by atoms with E-state index < -0.39 is 6.56 Å². The Balaban J connectivity index is 2.63. The molecule has 2 aromatic heterocycles. The Morgan fingerprint density at radius 3 is 3.33 bits per heavy atom. The quantitative estimate of drug-likeness (QED) is 0.806. The van der Waals surface area contributed by atoms with Gasteiger partial charge in [0.25, 0.3) is 0 Å². The monoisotopic (exact) mass is 228 g/mol. The van der Waals surface area contributed by atoms with Crippen LogP contribution in [0.4, 0.5) is 0 Å². The SMILES string of the molecule is [2H]C([2H])(O)c1cn2ccc(Br)cc2n1. The highest BCUT2D eigenvalue weighted by Gasteiger charge is 1.99. The Hall–Kier alpha value is -0.870. The molecule has 0 atom stereocenters. The lowest BCUT2D eigenvalue weighted by atomic mass is 10.5. The fourth-order valence-corrected chi connectivity index (χ4v) is 1.33. The summed E-state index contributed by atoms with van der Waals surface area (Å²) in [7, 11) is 0. The molecular weight excluding hydrogens is 220 g/mol. The second-order valence-electron chi connectivity index (χ2n) is 2.35. The van der Waals surface area contributed by atoms with Crippen LogP contribution in [-0.4, -0.2) is 14.5 Å². The van der Waals surface area contributed by atoms with Gasteiger partial charge < -0.3 is 9.51 Å². The van der Waals surface area contributed by atoms with Gasteiger partial charge in [-0.15, -0.1) is 0 Å². The zero-order chi connectivity index (χ0) is 10.3. The highest BCUT2D eigenvalue weighted by molar-refractivity contribution is 9.10. The van der Waals surface area contributed by atoms with Crippen molar-refractivity contribution in [3.8, 4) is 0 Å². The number of imidazole rings is 1. The molecule has 0 unspecified atom stereocenters. The molecule has 62 valence electrons. The minimum Gasteiger partial charge on any atom is -0.390 e. The number of nitrogens with zero attached hydrogens (tertiary/aromatic N) is 2. The van der Waals surface area contributed by atoms with E-state index >= 15 is 0 Å². The molecule has 2 aromatic rings. The van der Waals surface area contributed by atoms with E-state index in [1.807, 2.05) is 6.07 Å². The van der Waals surface area contributed by atoms with Crippen molar-refractivity contribution in [1.29, 1.82) is 0 Å². The largest absolute Gasteiger partial charge is 0.390 e. The first-order valence-electron chi connectivity index (χ1n) is 4.34. The normalized spacial score (nSPS) is 14.5. The van der Waals surface area contributed by atoms with E-state index in [1.165, 1.54) is 6.20 Å². The van der Waals surface area contributed by atoms with Crippen LogP contribution in [-0.2, 0) is 6.56 Å². The Kier molecular flexibility index (Phi) is 1.37. The van der Waals surface area contributed by atoms with Gasteiger partial charge in [-0.2, -0.15) is 0 Å². The third-order valence-corrected chi connectivity index (χ3v) is 2.03. The number of hydrogen-bond donors (Lipinski definition) is 1. The predicted octanol–water partition coefficient (Wildman–Crippen LogP) is 1.59. The molecule has 0 fully saturated rings. The first-order chi connectivity index (χ1) is 6.47. The zero-order valence-corrected chi connectivity index (χ0v) is 7.62. The third-order valence-electron chi connectivity index (χ3n) is 1.54. The maximum absolute atomic E-state index is 9.11. The standard InChI is InChI=1S/C8H7BrN2O/c9-6-1-2-11-4-7(5-12)10-8(11)3-6/h1-4,12H,5H2/i5D2. The maximum Gasteiger partial charge on any atom is 0.138 e. The second-order valence-corrected chi connectivity index (χ2v) is 3.26. The van der Waals surface area contributed by atoms with Crippen LogP contribution in [0.2, 0.25) is 0 Å². The van der Waals surface area contributed by atoms with Crippen LogP contribution < -0.4 is 0 Å². The average molecular weight is 229 g/mol. The van der Waals surface area contributed by atoms with E-state index in [2.05, 4.69) is 20.9 Å². The molecule has 3 nitrogen and oxygen atoms in total. The van der Waals surface area contributed by atoms with E-state index in [1.54, 1.807) is 16.7 Å². The van der Waals surface area contributed by atoms with Crippen molar-refractivity contribution >= 4 is 21.6 Å². The van der Waals surface area contributed by atoms with Gasteiger partial charge in [-0.05, 0) is 12.1 Å². The summed E-state index contributed by atoms with van der Waals surface area (Å²) in [5.41, 5.74) is 0.600. The Bertz CT molecular complexity index is 478. The summed E-state index contributed by atoms with van der Waals surface area (Å²) in [5, 5.41) is 9.11. The Morgan fingerprint density at radius 1 is 1.75 bits per heavy atom. The van der Waals surface area contributed by atoms with Crippen molar-refractivity contribution in [1.82, 2.24) is 9.38 Å². The summed E-state index contributed by atoms with van der Waals surface area (Å²) in [6.07, 6.45) is 3.20. The Labute approximate surface area is 80.6 Å². The molecule has 0 saturated heterocycles. The highest BCUT2D eigenvalue weighted by atomic mass is 79.9. The molecule has 0 radical (unpaired) electrons. The molecule has 2 rings (SSSR count). The van der Waals surface area contributed by atoms with Crippen LogP contribution >= 0.6 is 15.9 Å². The molecule has 0 aliphatic heterocycles. The maximum atomic E-state index is 9.11. The fraction of sp³-hybridized carbons (Fsp3) is 0.125. The number of hydrogen-bond acceptors (Lipinski definition) is 2. The van der Waals surface area contributed by atoms with E-state index in [4.69, 9.17) is 7.85 Å². The predicted molar refractivity (Wildman–Crippen MR) is 48.8 cm³/mol. The summed E-state index contributed by atoms with van der Waals surface area (Å²) in [6.45, 7) is -2.39.